The van der Waals surface area contributed by atoms with Crippen molar-refractivity contribution in [3.8, 4) is 11.3 Å². The number of amides is 1. The first-order valence-corrected chi connectivity index (χ1v) is 7.18. The van der Waals surface area contributed by atoms with E-state index in [0.29, 0.717) is 17.9 Å². The average Bonchev–Trinajstić information content (AvgIpc) is 3.03. The molecule has 0 aliphatic carbocycles. The molecule has 116 valence electrons. The number of hydrogen-bond donors (Lipinski definition) is 1. The Morgan fingerprint density at radius 3 is 2.70 bits per heavy atom. The molecular weight excluding hydrogens is 295 g/mol. The van der Waals surface area contributed by atoms with Crippen molar-refractivity contribution in [1.82, 2.24) is 10.5 Å². The summed E-state index contributed by atoms with van der Waals surface area (Å²) in [6.45, 7) is 2.41. The molecule has 5 heteroatoms. The summed E-state index contributed by atoms with van der Waals surface area (Å²) in [7, 11) is 0. The van der Waals surface area contributed by atoms with Crippen molar-refractivity contribution >= 4 is 5.91 Å². The van der Waals surface area contributed by atoms with Gasteiger partial charge in [0.05, 0.1) is 0 Å². The standard InChI is InChI=1S/C18H15FN2O2/c1-12-3-2-4-13(9-12)11-20-18(22)16-10-17(23-21-16)14-5-7-15(19)8-6-14/h2-10H,11H2,1H3,(H,20,22). The molecule has 4 nitrogen and oxygen atoms in total. The molecule has 23 heavy (non-hydrogen) atoms. The molecule has 0 aliphatic heterocycles. The highest BCUT2D eigenvalue weighted by atomic mass is 19.1. The van der Waals surface area contributed by atoms with Crippen LogP contribution in [0.15, 0.2) is 59.1 Å². The minimum Gasteiger partial charge on any atom is -0.355 e. The fourth-order valence-corrected chi connectivity index (χ4v) is 2.23. The molecule has 3 aromatic rings. The van der Waals surface area contributed by atoms with E-state index in [-0.39, 0.29) is 17.4 Å². The van der Waals surface area contributed by atoms with Gasteiger partial charge in [-0.05, 0) is 36.8 Å². The summed E-state index contributed by atoms with van der Waals surface area (Å²) in [5.41, 5.74) is 3.01. The van der Waals surface area contributed by atoms with Crippen molar-refractivity contribution in [2.75, 3.05) is 0 Å². The van der Waals surface area contributed by atoms with E-state index >= 15 is 0 Å². The third-order valence-corrected chi connectivity index (χ3v) is 3.41. The summed E-state index contributed by atoms with van der Waals surface area (Å²) in [5, 5.41) is 6.56. The largest absolute Gasteiger partial charge is 0.355 e. The molecule has 0 unspecified atom stereocenters. The van der Waals surface area contributed by atoms with Gasteiger partial charge in [-0.3, -0.25) is 4.79 Å². The monoisotopic (exact) mass is 310 g/mol. The number of carbonyl (C=O) groups excluding carboxylic acids is 1. The Hall–Kier alpha value is -2.95. The van der Waals surface area contributed by atoms with Gasteiger partial charge in [0.25, 0.3) is 5.91 Å². The van der Waals surface area contributed by atoms with Crippen LogP contribution >= 0.6 is 0 Å². The Balaban J connectivity index is 1.67. The van der Waals surface area contributed by atoms with E-state index in [2.05, 4.69) is 10.5 Å². The Morgan fingerprint density at radius 1 is 1.17 bits per heavy atom. The Labute approximate surface area is 132 Å². The number of carbonyl (C=O) groups is 1. The minimum absolute atomic E-state index is 0.192. The van der Waals surface area contributed by atoms with Crippen LogP contribution in [0.3, 0.4) is 0 Å². The normalized spacial score (nSPS) is 10.5. The Morgan fingerprint density at radius 2 is 1.96 bits per heavy atom. The third-order valence-electron chi connectivity index (χ3n) is 3.41. The lowest BCUT2D eigenvalue weighted by atomic mass is 10.1. The average molecular weight is 310 g/mol. The number of hydrogen-bond acceptors (Lipinski definition) is 3. The number of aromatic nitrogens is 1. The number of nitrogens with zero attached hydrogens (tertiary/aromatic N) is 1. The van der Waals surface area contributed by atoms with Crippen LogP contribution in [0.25, 0.3) is 11.3 Å². The molecule has 0 aliphatic rings. The maximum atomic E-state index is 12.9. The van der Waals surface area contributed by atoms with Crippen LogP contribution in [0.5, 0.6) is 0 Å². The van der Waals surface area contributed by atoms with Gasteiger partial charge >= 0.3 is 0 Å². The molecule has 0 saturated heterocycles. The third kappa shape index (κ3) is 3.63. The Kier molecular flexibility index (Phi) is 4.19. The van der Waals surface area contributed by atoms with Crippen LogP contribution in [-0.4, -0.2) is 11.1 Å². The molecule has 0 spiro atoms. The van der Waals surface area contributed by atoms with E-state index in [4.69, 9.17) is 4.52 Å². The summed E-state index contributed by atoms with van der Waals surface area (Å²) in [4.78, 5) is 12.1. The summed E-state index contributed by atoms with van der Waals surface area (Å²) >= 11 is 0. The summed E-state index contributed by atoms with van der Waals surface area (Å²) in [5.74, 6) is -0.223. The zero-order chi connectivity index (χ0) is 16.2. The van der Waals surface area contributed by atoms with E-state index in [9.17, 15) is 9.18 Å². The van der Waals surface area contributed by atoms with E-state index in [1.165, 1.54) is 12.1 Å². The lowest BCUT2D eigenvalue weighted by Crippen LogP contribution is -2.23. The molecule has 0 fully saturated rings. The van der Waals surface area contributed by atoms with Gasteiger partial charge in [-0.25, -0.2) is 4.39 Å². The van der Waals surface area contributed by atoms with E-state index in [1.54, 1.807) is 18.2 Å². The topological polar surface area (TPSA) is 55.1 Å². The molecule has 1 aromatic heterocycles. The van der Waals surface area contributed by atoms with Crippen LogP contribution < -0.4 is 5.32 Å². The van der Waals surface area contributed by atoms with Crippen LogP contribution in [0.1, 0.15) is 21.6 Å². The highest BCUT2D eigenvalue weighted by Gasteiger charge is 2.13. The van der Waals surface area contributed by atoms with Crippen LogP contribution in [0.4, 0.5) is 4.39 Å². The van der Waals surface area contributed by atoms with Gasteiger partial charge in [0.1, 0.15) is 5.82 Å². The predicted octanol–water partition coefficient (Wildman–Crippen LogP) is 3.72. The van der Waals surface area contributed by atoms with Gasteiger partial charge in [0, 0.05) is 18.2 Å². The molecule has 0 radical (unpaired) electrons. The van der Waals surface area contributed by atoms with E-state index < -0.39 is 0 Å². The van der Waals surface area contributed by atoms with Crippen molar-refractivity contribution < 1.29 is 13.7 Å². The van der Waals surface area contributed by atoms with Crippen LogP contribution in [-0.2, 0) is 6.54 Å². The van der Waals surface area contributed by atoms with Crippen molar-refractivity contribution in [2.24, 2.45) is 0 Å². The second kappa shape index (κ2) is 6.44. The zero-order valence-corrected chi connectivity index (χ0v) is 12.5. The maximum Gasteiger partial charge on any atom is 0.273 e. The maximum absolute atomic E-state index is 12.9. The molecule has 2 aromatic carbocycles. The molecule has 1 amide bonds. The first-order chi connectivity index (χ1) is 11.1. The molecule has 3 rings (SSSR count). The SMILES string of the molecule is Cc1cccc(CNC(=O)c2cc(-c3ccc(F)cc3)on2)c1. The quantitative estimate of drug-likeness (QED) is 0.799. The van der Waals surface area contributed by atoms with Crippen molar-refractivity contribution in [2.45, 2.75) is 13.5 Å². The van der Waals surface area contributed by atoms with Crippen LogP contribution in [0, 0.1) is 12.7 Å². The van der Waals surface area contributed by atoms with E-state index in [1.807, 2.05) is 31.2 Å². The summed E-state index contributed by atoms with van der Waals surface area (Å²) < 4.78 is 18.1. The second-order valence-electron chi connectivity index (χ2n) is 5.26. The summed E-state index contributed by atoms with van der Waals surface area (Å²) in [6.07, 6.45) is 0. The van der Waals surface area contributed by atoms with Gasteiger partial charge in [-0.15, -0.1) is 0 Å². The van der Waals surface area contributed by atoms with Crippen molar-refractivity contribution in [3.05, 3.63) is 77.2 Å². The minimum atomic E-state index is -0.329. The van der Waals surface area contributed by atoms with Crippen molar-refractivity contribution in [3.63, 3.8) is 0 Å². The summed E-state index contributed by atoms with van der Waals surface area (Å²) in [6, 6.07) is 15.2. The molecule has 1 N–H and O–H groups in total. The molecule has 1 heterocycles. The Bertz CT molecular complexity index is 825. The van der Waals surface area contributed by atoms with E-state index in [0.717, 1.165) is 11.1 Å². The van der Waals surface area contributed by atoms with Gasteiger partial charge in [-0.2, -0.15) is 0 Å². The van der Waals surface area contributed by atoms with Gasteiger partial charge in [0.15, 0.2) is 11.5 Å². The molecule has 0 atom stereocenters. The van der Waals surface area contributed by atoms with Gasteiger partial charge in [0.2, 0.25) is 0 Å². The zero-order valence-electron chi connectivity index (χ0n) is 12.5. The predicted molar refractivity (Wildman–Crippen MR) is 84.2 cm³/mol. The van der Waals surface area contributed by atoms with Crippen molar-refractivity contribution in [1.29, 1.82) is 0 Å². The lowest BCUT2D eigenvalue weighted by molar-refractivity contribution is 0.0942. The number of nitrogens with one attached hydrogen (secondary N) is 1. The number of benzene rings is 2. The molecular formula is C18H15FN2O2. The molecule has 0 bridgehead atoms. The smallest absolute Gasteiger partial charge is 0.273 e. The number of halogens is 1. The second-order valence-corrected chi connectivity index (χ2v) is 5.26. The van der Waals surface area contributed by atoms with Crippen LogP contribution in [0.2, 0.25) is 0 Å². The first-order valence-electron chi connectivity index (χ1n) is 7.18. The fraction of sp³-hybridized carbons (Fsp3) is 0.111. The van der Waals surface area contributed by atoms with Gasteiger partial charge in [-0.1, -0.05) is 35.0 Å². The highest BCUT2D eigenvalue weighted by Crippen LogP contribution is 2.20. The lowest BCUT2D eigenvalue weighted by Gasteiger charge is -2.03. The van der Waals surface area contributed by atoms with Gasteiger partial charge < -0.3 is 9.84 Å². The number of rotatable bonds is 4. The fourth-order valence-electron chi connectivity index (χ4n) is 2.23. The first kappa shape index (κ1) is 15.0. The number of aryl methyl sites for hydroxylation is 1. The highest BCUT2D eigenvalue weighted by molar-refractivity contribution is 5.93. The molecule has 0 saturated carbocycles.